The molecule has 132 valence electrons. The number of halogens is 2. The SMILES string of the molecule is C[C@H](Oc1ccc(Cl)cc1Cl)C(=O)NC[C@@H](O)CN1CCCC1=O. The second-order valence-electron chi connectivity index (χ2n) is 5.68. The predicted octanol–water partition coefficient (Wildman–Crippen LogP) is 1.86. The summed E-state index contributed by atoms with van der Waals surface area (Å²) in [6.07, 6.45) is -0.275. The molecule has 0 bridgehead atoms. The van der Waals surface area contributed by atoms with Gasteiger partial charge in [0.1, 0.15) is 5.75 Å². The lowest BCUT2D eigenvalue weighted by molar-refractivity contribution is -0.129. The second-order valence-corrected chi connectivity index (χ2v) is 6.52. The summed E-state index contributed by atoms with van der Waals surface area (Å²) in [5, 5.41) is 13.3. The summed E-state index contributed by atoms with van der Waals surface area (Å²) in [6.45, 7) is 2.50. The molecule has 8 heteroatoms. The molecular formula is C16H20Cl2N2O4. The summed E-state index contributed by atoms with van der Waals surface area (Å²) >= 11 is 11.8. The number of nitrogens with one attached hydrogen (secondary N) is 1. The van der Waals surface area contributed by atoms with Crippen LogP contribution < -0.4 is 10.1 Å². The molecule has 1 heterocycles. The molecule has 2 N–H and O–H groups in total. The van der Waals surface area contributed by atoms with Crippen molar-refractivity contribution in [1.29, 1.82) is 0 Å². The molecule has 24 heavy (non-hydrogen) atoms. The van der Waals surface area contributed by atoms with E-state index in [9.17, 15) is 14.7 Å². The van der Waals surface area contributed by atoms with Crippen molar-refractivity contribution in [3.05, 3.63) is 28.2 Å². The summed E-state index contributed by atoms with van der Waals surface area (Å²) in [5.41, 5.74) is 0. The molecule has 2 rings (SSSR count). The molecule has 0 aliphatic carbocycles. The quantitative estimate of drug-likeness (QED) is 0.763. The maximum atomic E-state index is 12.0. The summed E-state index contributed by atoms with van der Waals surface area (Å²) < 4.78 is 5.50. The van der Waals surface area contributed by atoms with Gasteiger partial charge in [-0.25, -0.2) is 0 Å². The number of carbonyl (C=O) groups is 2. The molecule has 1 aliphatic heterocycles. The van der Waals surface area contributed by atoms with Crippen molar-refractivity contribution in [3.8, 4) is 5.75 Å². The van der Waals surface area contributed by atoms with E-state index in [4.69, 9.17) is 27.9 Å². The van der Waals surface area contributed by atoms with Crippen molar-refractivity contribution in [2.45, 2.75) is 32.0 Å². The van der Waals surface area contributed by atoms with Crippen LogP contribution in [0.1, 0.15) is 19.8 Å². The van der Waals surface area contributed by atoms with Gasteiger partial charge in [0.25, 0.3) is 5.91 Å². The van der Waals surface area contributed by atoms with E-state index in [1.807, 2.05) is 0 Å². The molecule has 2 amide bonds. The highest BCUT2D eigenvalue weighted by molar-refractivity contribution is 6.35. The summed E-state index contributed by atoms with van der Waals surface area (Å²) in [6, 6.07) is 4.73. The molecule has 1 aromatic rings. The largest absolute Gasteiger partial charge is 0.479 e. The van der Waals surface area contributed by atoms with E-state index < -0.39 is 12.2 Å². The Labute approximate surface area is 150 Å². The van der Waals surface area contributed by atoms with Gasteiger partial charge in [0, 0.05) is 31.1 Å². The van der Waals surface area contributed by atoms with Gasteiger partial charge in [0.15, 0.2) is 6.10 Å². The number of likely N-dealkylation sites (tertiary alicyclic amines) is 1. The van der Waals surface area contributed by atoms with Gasteiger partial charge in [-0.15, -0.1) is 0 Å². The van der Waals surface area contributed by atoms with Gasteiger partial charge in [-0.3, -0.25) is 9.59 Å². The molecule has 2 atom stereocenters. The fourth-order valence-corrected chi connectivity index (χ4v) is 2.85. The third-order valence-electron chi connectivity index (χ3n) is 3.68. The van der Waals surface area contributed by atoms with Crippen LogP contribution in [0, 0.1) is 0 Å². The van der Waals surface area contributed by atoms with Crippen LogP contribution in [0.15, 0.2) is 18.2 Å². The van der Waals surface area contributed by atoms with E-state index in [1.54, 1.807) is 24.0 Å². The number of ether oxygens (including phenoxy) is 1. The number of aliphatic hydroxyl groups excluding tert-OH is 1. The minimum absolute atomic E-state index is 0.0365. The Morgan fingerprint density at radius 2 is 2.21 bits per heavy atom. The zero-order valence-electron chi connectivity index (χ0n) is 13.3. The minimum atomic E-state index is -0.817. The van der Waals surface area contributed by atoms with Crippen LogP contribution >= 0.6 is 23.2 Å². The number of amides is 2. The molecule has 0 aromatic heterocycles. The van der Waals surface area contributed by atoms with Crippen LogP contribution in [0.5, 0.6) is 5.75 Å². The number of carbonyl (C=O) groups excluding carboxylic acids is 2. The highest BCUT2D eigenvalue weighted by atomic mass is 35.5. The zero-order chi connectivity index (χ0) is 17.7. The molecule has 0 unspecified atom stereocenters. The smallest absolute Gasteiger partial charge is 0.260 e. The van der Waals surface area contributed by atoms with Crippen molar-refractivity contribution >= 4 is 35.0 Å². The second kappa shape index (κ2) is 8.55. The van der Waals surface area contributed by atoms with Crippen LogP contribution in [-0.2, 0) is 9.59 Å². The number of hydrogen-bond donors (Lipinski definition) is 2. The molecule has 1 aliphatic rings. The summed E-state index contributed by atoms with van der Waals surface area (Å²) in [7, 11) is 0. The first kappa shape index (κ1) is 18.8. The Morgan fingerprint density at radius 3 is 2.83 bits per heavy atom. The third kappa shape index (κ3) is 5.26. The lowest BCUT2D eigenvalue weighted by atomic mass is 10.3. The lowest BCUT2D eigenvalue weighted by Gasteiger charge is -2.21. The lowest BCUT2D eigenvalue weighted by Crippen LogP contribution is -2.44. The van der Waals surface area contributed by atoms with E-state index in [-0.39, 0.29) is 24.9 Å². The Hall–Kier alpha value is -1.50. The third-order valence-corrected chi connectivity index (χ3v) is 4.21. The number of rotatable bonds is 7. The van der Waals surface area contributed by atoms with Crippen molar-refractivity contribution in [2.24, 2.45) is 0 Å². The van der Waals surface area contributed by atoms with E-state index in [1.165, 1.54) is 6.07 Å². The van der Waals surface area contributed by atoms with Gasteiger partial charge >= 0.3 is 0 Å². The fraction of sp³-hybridized carbons (Fsp3) is 0.500. The average molecular weight is 375 g/mol. The number of β-amino-alcohol motifs (C(OH)–C–C–N with tert-alkyl or cyclic N) is 1. The number of aliphatic hydroxyl groups is 1. The van der Waals surface area contributed by atoms with Crippen LogP contribution in [0.3, 0.4) is 0 Å². The zero-order valence-corrected chi connectivity index (χ0v) is 14.8. The molecular weight excluding hydrogens is 355 g/mol. The van der Waals surface area contributed by atoms with Crippen molar-refractivity contribution in [3.63, 3.8) is 0 Å². The maximum absolute atomic E-state index is 12.0. The van der Waals surface area contributed by atoms with E-state index in [2.05, 4.69) is 5.32 Å². The van der Waals surface area contributed by atoms with Crippen LogP contribution in [0.2, 0.25) is 10.0 Å². The molecule has 1 fully saturated rings. The number of benzene rings is 1. The number of hydrogen-bond acceptors (Lipinski definition) is 4. The summed E-state index contributed by atoms with van der Waals surface area (Å²) in [5.74, 6) is 0.00852. The Balaban J connectivity index is 1.77. The van der Waals surface area contributed by atoms with Crippen molar-refractivity contribution in [1.82, 2.24) is 10.2 Å². The highest BCUT2D eigenvalue weighted by Crippen LogP contribution is 2.28. The topological polar surface area (TPSA) is 78.9 Å². The van der Waals surface area contributed by atoms with Gasteiger partial charge < -0.3 is 20.1 Å². The van der Waals surface area contributed by atoms with Crippen molar-refractivity contribution < 1.29 is 19.4 Å². The molecule has 0 spiro atoms. The van der Waals surface area contributed by atoms with E-state index in [0.29, 0.717) is 28.8 Å². The predicted molar refractivity (Wildman–Crippen MR) is 91.4 cm³/mol. The van der Waals surface area contributed by atoms with Gasteiger partial charge in [-0.2, -0.15) is 0 Å². The van der Waals surface area contributed by atoms with Gasteiger partial charge in [-0.1, -0.05) is 23.2 Å². The molecule has 1 saturated heterocycles. The van der Waals surface area contributed by atoms with Crippen LogP contribution in [0.4, 0.5) is 0 Å². The van der Waals surface area contributed by atoms with E-state index >= 15 is 0 Å². The Morgan fingerprint density at radius 1 is 1.46 bits per heavy atom. The van der Waals surface area contributed by atoms with E-state index in [0.717, 1.165) is 6.42 Å². The maximum Gasteiger partial charge on any atom is 0.260 e. The first-order valence-corrected chi connectivity index (χ1v) is 8.47. The first-order chi connectivity index (χ1) is 11.4. The molecule has 6 nitrogen and oxygen atoms in total. The van der Waals surface area contributed by atoms with Gasteiger partial charge in [0.2, 0.25) is 5.91 Å². The van der Waals surface area contributed by atoms with Gasteiger partial charge in [0.05, 0.1) is 11.1 Å². The Bertz CT molecular complexity index is 612. The standard InChI is InChI=1S/C16H20Cl2N2O4/c1-10(24-14-5-4-11(17)7-13(14)18)16(23)19-8-12(21)9-20-6-2-3-15(20)22/h4-5,7,10,12,21H,2-3,6,8-9H2,1H3,(H,19,23)/t10-,12+/m0/s1. The van der Waals surface area contributed by atoms with Crippen LogP contribution in [0.25, 0.3) is 0 Å². The molecule has 0 radical (unpaired) electrons. The normalized spacial score (nSPS) is 16.8. The highest BCUT2D eigenvalue weighted by Gasteiger charge is 2.23. The average Bonchev–Trinajstić information content (AvgIpc) is 2.92. The molecule has 1 aromatic carbocycles. The molecule has 0 saturated carbocycles. The van der Waals surface area contributed by atoms with Gasteiger partial charge in [-0.05, 0) is 31.5 Å². The summed E-state index contributed by atoms with van der Waals surface area (Å²) in [4.78, 5) is 25.1. The Kier molecular flexibility index (Phi) is 6.71. The fourth-order valence-electron chi connectivity index (χ4n) is 2.39. The van der Waals surface area contributed by atoms with Crippen molar-refractivity contribution in [2.75, 3.05) is 19.6 Å². The van der Waals surface area contributed by atoms with Crippen LogP contribution in [-0.4, -0.2) is 53.7 Å². The number of nitrogens with zero attached hydrogens (tertiary/aromatic N) is 1. The minimum Gasteiger partial charge on any atom is -0.479 e. The first-order valence-electron chi connectivity index (χ1n) is 7.72. The monoisotopic (exact) mass is 374 g/mol.